The summed E-state index contributed by atoms with van der Waals surface area (Å²) in [6.07, 6.45) is 0. The van der Waals surface area contributed by atoms with Gasteiger partial charge < -0.3 is 9.31 Å². The topological polar surface area (TPSA) is 108 Å². The number of benzene rings is 16. The van der Waals surface area contributed by atoms with E-state index in [1.165, 1.54) is 70.6 Å². The van der Waals surface area contributed by atoms with Gasteiger partial charge >= 0.3 is 7.12 Å². The zero-order valence-corrected chi connectivity index (χ0v) is 58.1. The number of aromatic nitrogens is 6. The minimum absolute atomic E-state index is 0.370. The van der Waals surface area contributed by atoms with Crippen LogP contribution < -0.4 is 5.46 Å². The van der Waals surface area contributed by atoms with Gasteiger partial charge in [0.25, 0.3) is 0 Å². The summed E-state index contributed by atoms with van der Waals surface area (Å²) in [5, 5.41) is 43.2. The number of hydrogen-bond donors (Lipinski definition) is 0. The largest absolute Gasteiger partial charge is 0.495 e. The lowest BCUT2D eigenvalue weighted by Gasteiger charge is -2.32. The van der Waals surface area contributed by atoms with Crippen molar-refractivity contribution in [3.63, 3.8) is 0 Å². The third-order valence-corrected chi connectivity index (χ3v) is 20.6. The molecule has 0 spiro atoms. The number of nitrogens with zero attached hydrogens (tertiary/aromatic N) is 8. The van der Waals surface area contributed by atoms with E-state index in [0.717, 1.165) is 88.6 Å². The Morgan fingerprint density at radius 2 is 0.712 bits per heavy atom. The van der Waals surface area contributed by atoms with E-state index >= 15 is 0 Å². The van der Waals surface area contributed by atoms with Crippen LogP contribution in [0.25, 0.3) is 159 Å². The molecule has 18 aromatic rings. The number of hydrogen-bond acceptors (Lipinski definition) is 7. The van der Waals surface area contributed by atoms with Gasteiger partial charge in [0, 0.05) is 5.02 Å². The van der Waals surface area contributed by atoms with E-state index in [4.69, 9.17) is 42.9 Å². The molecule has 3 heterocycles. The standard InChI is InChI=1S/C43H26N4.C26H16ClN3.C23H22BNO2/c1-44-32-19-14-28(15-20-32)35-23-24-36(39-12-5-4-11-38(35)39)31-18-25-42-43(27-31)46-47(45-42)33-21-16-29(17-22-33)41-26-30-8-2-3-9-34(30)37-10-6-7-13-40(37)41;27-19-11-14-25-26(16-19)29-30(28-25)20-12-9-17(10-13-20)24-15-18-5-1-2-6-21(18)22-7-3-4-8-23(22)24;1-22(2)23(3,4)27-24(26-22)21-14-13-18(19-7-5-6-8-20(19)21)17-11-9-16(15-25)10-12-17/h2-27H;1-16H;5-14H,1-4H3. The first-order valence-corrected chi connectivity index (χ1v) is 35.0. The molecule has 0 N–H and O–H groups in total. The lowest BCUT2D eigenvalue weighted by Crippen LogP contribution is -2.41. The van der Waals surface area contributed by atoms with Gasteiger partial charge in [0.1, 0.15) is 22.1 Å². The van der Waals surface area contributed by atoms with Crippen molar-refractivity contribution in [2.45, 2.75) is 38.9 Å². The molecule has 0 atom stereocenters. The van der Waals surface area contributed by atoms with Gasteiger partial charge in [0.2, 0.25) is 0 Å². The highest BCUT2D eigenvalue weighted by atomic mass is 35.5. The Morgan fingerprint density at radius 3 is 1.19 bits per heavy atom. The van der Waals surface area contributed by atoms with E-state index in [-0.39, 0.29) is 11.2 Å². The van der Waals surface area contributed by atoms with Crippen LogP contribution in [-0.2, 0) is 9.31 Å². The molecular formula is C92H64BClN8O2. The Labute approximate surface area is 606 Å². The molecule has 12 heteroatoms. The summed E-state index contributed by atoms with van der Waals surface area (Å²) in [6, 6.07) is 111. The molecule has 0 radical (unpaired) electrons. The minimum atomic E-state index is -0.394. The summed E-state index contributed by atoms with van der Waals surface area (Å²) >= 11 is 6.07. The molecule has 104 heavy (non-hydrogen) atoms. The Morgan fingerprint density at radius 1 is 0.356 bits per heavy atom. The van der Waals surface area contributed by atoms with E-state index in [9.17, 15) is 0 Å². The number of fused-ring (bicyclic) bond motifs is 10. The third kappa shape index (κ3) is 12.0. The van der Waals surface area contributed by atoms with Crippen molar-refractivity contribution in [3.05, 3.63) is 337 Å². The van der Waals surface area contributed by atoms with Crippen molar-refractivity contribution in [3.8, 4) is 73.1 Å². The monoisotopic (exact) mass is 1360 g/mol. The van der Waals surface area contributed by atoms with Gasteiger partial charge in [-0.3, -0.25) is 0 Å². The summed E-state index contributed by atoms with van der Waals surface area (Å²) in [5.74, 6) is 0. The zero-order valence-electron chi connectivity index (χ0n) is 57.4. The van der Waals surface area contributed by atoms with E-state index in [1.54, 1.807) is 9.59 Å². The van der Waals surface area contributed by atoms with Gasteiger partial charge in [-0.1, -0.05) is 248 Å². The highest BCUT2D eigenvalue weighted by Gasteiger charge is 2.52. The zero-order chi connectivity index (χ0) is 70.6. The van der Waals surface area contributed by atoms with E-state index in [0.29, 0.717) is 16.3 Å². The summed E-state index contributed by atoms with van der Waals surface area (Å²) in [6.45, 7) is 15.6. The average Bonchev–Trinajstić information content (AvgIpc) is 1.46. The molecule has 0 unspecified atom stereocenters. The molecule has 1 aliphatic rings. The molecule has 0 saturated carbocycles. The molecule has 0 aliphatic carbocycles. The normalized spacial score (nSPS) is 13.1. The van der Waals surface area contributed by atoms with Crippen LogP contribution in [0, 0.1) is 17.9 Å². The lowest BCUT2D eigenvalue weighted by atomic mass is 9.75. The van der Waals surface area contributed by atoms with Crippen LogP contribution in [0.15, 0.2) is 315 Å². The fourth-order valence-electron chi connectivity index (χ4n) is 14.3. The molecule has 1 fully saturated rings. The van der Waals surface area contributed by atoms with Gasteiger partial charge in [0.15, 0.2) is 5.69 Å². The quantitative estimate of drug-likeness (QED) is 0.0847. The van der Waals surface area contributed by atoms with E-state index in [1.807, 2.05) is 78.9 Å². The Kier molecular flexibility index (Phi) is 16.5. The Hall–Kier alpha value is -12.9. The molecule has 10 nitrogen and oxygen atoms in total. The van der Waals surface area contributed by atoms with Crippen LogP contribution in [0.5, 0.6) is 0 Å². The van der Waals surface area contributed by atoms with E-state index < -0.39 is 7.12 Å². The van der Waals surface area contributed by atoms with Crippen LogP contribution in [0.2, 0.25) is 5.02 Å². The summed E-state index contributed by atoms with van der Waals surface area (Å²) in [4.78, 5) is 6.92. The predicted octanol–water partition coefficient (Wildman–Crippen LogP) is 23.2. The molecule has 19 rings (SSSR count). The van der Waals surface area contributed by atoms with Crippen LogP contribution >= 0.6 is 11.6 Å². The first-order valence-electron chi connectivity index (χ1n) is 34.6. The predicted molar refractivity (Wildman–Crippen MR) is 428 cm³/mol. The van der Waals surface area contributed by atoms with E-state index in [2.05, 4.69) is 285 Å². The number of halogens is 1. The number of nitriles is 1. The van der Waals surface area contributed by atoms with Crippen LogP contribution in [0.1, 0.15) is 33.3 Å². The number of rotatable bonds is 8. The first-order chi connectivity index (χ1) is 50.8. The SMILES string of the molecule is CC1(C)OB(c2ccc(-c3ccc(C#N)cc3)c3ccccc23)OC1(C)C.Clc1ccc2nn(-c3ccc(-c4cc5ccccc5c5ccccc45)cc3)nc2c1.[C-]#[N+]c1ccc(-c2ccc(-c3ccc4nn(-c5ccc(-c6cc7ccccc7c7ccccc67)cc5)nc4c3)c3ccccc23)cc1. The molecule has 16 aromatic carbocycles. The summed E-state index contributed by atoms with van der Waals surface area (Å²) in [7, 11) is -0.394. The minimum Gasteiger partial charge on any atom is -0.399 e. The molecule has 494 valence electrons. The summed E-state index contributed by atoms with van der Waals surface area (Å²) < 4.78 is 12.6. The van der Waals surface area contributed by atoms with Gasteiger partial charge in [0.05, 0.1) is 40.8 Å². The maximum absolute atomic E-state index is 9.04. The Balaban J connectivity index is 0.000000122. The molecule has 1 saturated heterocycles. The first kappa shape index (κ1) is 64.5. The van der Waals surface area contributed by atoms with Crippen molar-refractivity contribution < 1.29 is 9.31 Å². The van der Waals surface area contributed by atoms with Crippen molar-refractivity contribution in [1.82, 2.24) is 30.0 Å². The van der Waals surface area contributed by atoms with Crippen LogP contribution in [0.4, 0.5) is 5.69 Å². The van der Waals surface area contributed by atoms with Gasteiger partial charge in [-0.05, 0) is 232 Å². The second kappa shape index (κ2) is 26.6. The van der Waals surface area contributed by atoms with Crippen molar-refractivity contribution in [1.29, 1.82) is 5.26 Å². The van der Waals surface area contributed by atoms with Crippen molar-refractivity contribution >= 4 is 117 Å². The second-order valence-electron chi connectivity index (χ2n) is 27.2. The fourth-order valence-corrected chi connectivity index (χ4v) is 14.5. The smallest absolute Gasteiger partial charge is 0.399 e. The van der Waals surface area contributed by atoms with Gasteiger partial charge in [-0.15, -0.1) is 20.4 Å². The average molecular weight is 1360 g/mol. The maximum atomic E-state index is 9.04. The molecule has 2 aromatic heterocycles. The van der Waals surface area contributed by atoms with Crippen LogP contribution in [0.3, 0.4) is 0 Å². The van der Waals surface area contributed by atoms with Gasteiger partial charge in [-0.2, -0.15) is 14.9 Å². The third-order valence-electron chi connectivity index (χ3n) is 20.4. The highest BCUT2D eigenvalue weighted by Crippen LogP contribution is 2.42. The highest BCUT2D eigenvalue weighted by molar-refractivity contribution is 6.65. The van der Waals surface area contributed by atoms with Crippen LogP contribution in [-0.4, -0.2) is 48.3 Å². The maximum Gasteiger partial charge on any atom is 0.495 e. The summed E-state index contributed by atoms with van der Waals surface area (Å²) in [5.41, 5.74) is 18.2. The van der Waals surface area contributed by atoms with Gasteiger partial charge in [-0.25, -0.2) is 4.85 Å². The second-order valence-corrected chi connectivity index (χ2v) is 27.6. The molecule has 0 amide bonds. The van der Waals surface area contributed by atoms with Crippen molar-refractivity contribution in [2.24, 2.45) is 0 Å². The fraction of sp³-hybridized carbons (Fsp3) is 0.0652. The van der Waals surface area contributed by atoms with Crippen molar-refractivity contribution in [2.75, 3.05) is 0 Å². The Bertz CT molecular complexity index is 6460. The lowest BCUT2D eigenvalue weighted by molar-refractivity contribution is 0.00578. The molecule has 1 aliphatic heterocycles. The molecule has 0 bridgehead atoms. The molecular weight excluding hydrogens is 1300 g/mol.